The second kappa shape index (κ2) is 9.62. The van der Waals surface area contributed by atoms with Crippen molar-refractivity contribution in [1.82, 2.24) is 14.5 Å². The molecule has 0 aliphatic carbocycles. The van der Waals surface area contributed by atoms with Crippen molar-refractivity contribution >= 4 is 65.4 Å². The minimum atomic E-state index is 0.715. The molecule has 3 heterocycles. The van der Waals surface area contributed by atoms with Crippen molar-refractivity contribution in [2.45, 2.75) is 0 Å². The van der Waals surface area contributed by atoms with Gasteiger partial charge in [-0.25, -0.2) is 9.97 Å². The van der Waals surface area contributed by atoms with E-state index in [1.165, 1.54) is 21.5 Å². The number of rotatable bonds is 3. The fraction of sp³-hybridized carbons (Fsp3) is 0. The van der Waals surface area contributed by atoms with Gasteiger partial charge in [-0.2, -0.15) is 0 Å². The van der Waals surface area contributed by atoms with Crippen molar-refractivity contribution in [3.63, 3.8) is 0 Å². The number of fused-ring (bicyclic) bond motifs is 11. The van der Waals surface area contributed by atoms with E-state index in [0.29, 0.717) is 5.82 Å². The summed E-state index contributed by atoms with van der Waals surface area (Å²) in [6, 6.07) is 52.8. The molecule has 46 heavy (non-hydrogen) atoms. The van der Waals surface area contributed by atoms with Crippen molar-refractivity contribution in [2.24, 2.45) is 0 Å². The standard InChI is InChI=1S/C42H25N3O/c1-3-13-26(14-4-1)39-33-25-28(23-24-34(33)43-42(44-39)27-15-5-2-6-16-27)45-35-21-11-9-19-31(35)37-29-17-7-8-18-30(29)38-32-20-10-12-22-36(32)46-41(38)40(37)45/h1-25H. The molecule has 10 rings (SSSR count). The van der Waals surface area contributed by atoms with E-state index in [1.807, 2.05) is 30.3 Å². The van der Waals surface area contributed by atoms with Crippen LogP contribution in [0.2, 0.25) is 0 Å². The van der Waals surface area contributed by atoms with Gasteiger partial charge in [0.15, 0.2) is 11.4 Å². The highest BCUT2D eigenvalue weighted by atomic mass is 16.3. The van der Waals surface area contributed by atoms with E-state index >= 15 is 0 Å². The van der Waals surface area contributed by atoms with Crippen molar-refractivity contribution in [3.8, 4) is 28.3 Å². The Morgan fingerprint density at radius 2 is 1.11 bits per heavy atom. The summed E-state index contributed by atoms with van der Waals surface area (Å²) >= 11 is 0. The molecule has 7 aromatic carbocycles. The molecule has 0 amide bonds. The molecule has 0 atom stereocenters. The van der Waals surface area contributed by atoms with Gasteiger partial charge >= 0.3 is 0 Å². The highest BCUT2D eigenvalue weighted by Gasteiger charge is 2.23. The molecule has 0 radical (unpaired) electrons. The largest absolute Gasteiger partial charge is 0.454 e. The maximum atomic E-state index is 6.77. The normalized spacial score (nSPS) is 11.9. The Bertz CT molecular complexity index is 2790. The molecule has 4 nitrogen and oxygen atoms in total. The van der Waals surface area contributed by atoms with Gasteiger partial charge in [0.2, 0.25) is 0 Å². The van der Waals surface area contributed by atoms with Crippen molar-refractivity contribution in [3.05, 3.63) is 152 Å². The Balaban J connectivity index is 1.36. The summed E-state index contributed by atoms with van der Waals surface area (Å²) in [6.07, 6.45) is 0. The van der Waals surface area contributed by atoms with Crippen LogP contribution in [0.5, 0.6) is 0 Å². The Morgan fingerprint density at radius 3 is 1.89 bits per heavy atom. The highest BCUT2D eigenvalue weighted by molar-refractivity contribution is 6.35. The Morgan fingerprint density at radius 1 is 0.478 bits per heavy atom. The molecular formula is C42H25N3O. The molecule has 0 fully saturated rings. The van der Waals surface area contributed by atoms with Crippen LogP contribution in [0.3, 0.4) is 0 Å². The van der Waals surface area contributed by atoms with E-state index < -0.39 is 0 Å². The number of nitrogens with zero attached hydrogens (tertiary/aromatic N) is 3. The lowest BCUT2D eigenvalue weighted by Crippen LogP contribution is -1.98. The predicted octanol–water partition coefficient (Wildman–Crippen LogP) is 11.1. The van der Waals surface area contributed by atoms with Gasteiger partial charge in [-0.15, -0.1) is 0 Å². The Kier molecular flexibility index (Phi) is 5.25. The summed E-state index contributed by atoms with van der Waals surface area (Å²) < 4.78 is 9.13. The van der Waals surface area contributed by atoms with Gasteiger partial charge in [0.1, 0.15) is 5.58 Å². The minimum Gasteiger partial charge on any atom is -0.454 e. The zero-order valence-corrected chi connectivity index (χ0v) is 24.7. The van der Waals surface area contributed by atoms with Crippen LogP contribution in [-0.2, 0) is 0 Å². The molecule has 0 N–H and O–H groups in total. The van der Waals surface area contributed by atoms with Gasteiger partial charge in [-0.05, 0) is 41.1 Å². The summed E-state index contributed by atoms with van der Waals surface area (Å²) in [5.74, 6) is 0.715. The highest BCUT2D eigenvalue weighted by Crippen LogP contribution is 2.46. The first kappa shape index (κ1) is 25.1. The average Bonchev–Trinajstić information content (AvgIpc) is 3.69. The van der Waals surface area contributed by atoms with E-state index in [1.54, 1.807) is 0 Å². The SMILES string of the molecule is c1ccc(-c2nc(-c3ccccc3)c3cc(-n4c5ccccc5c5c6ccccc6c6c7ccccc7oc6c54)ccc3n2)cc1. The summed E-state index contributed by atoms with van der Waals surface area (Å²) in [5, 5.41) is 8.06. The summed E-state index contributed by atoms with van der Waals surface area (Å²) in [6.45, 7) is 0. The van der Waals surface area contributed by atoms with E-state index in [-0.39, 0.29) is 0 Å². The van der Waals surface area contributed by atoms with E-state index in [0.717, 1.165) is 66.4 Å². The third kappa shape index (κ3) is 3.55. The van der Waals surface area contributed by atoms with Gasteiger partial charge in [-0.3, -0.25) is 0 Å². The molecule has 3 aromatic heterocycles. The fourth-order valence-electron chi connectivity index (χ4n) is 7.18. The number of hydrogen-bond acceptors (Lipinski definition) is 3. The Hall–Kier alpha value is -6.26. The topological polar surface area (TPSA) is 43.9 Å². The molecular weight excluding hydrogens is 562 g/mol. The van der Waals surface area contributed by atoms with Crippen molar-refractivity contribution < 1.29 is 4.42 Å². The molecule has 0 aliphatic rings. The molecule has 4 heteroatoms. The summed E-state index contributed by atoms with van der Waals surface area (Å²) in [7, 11) is 0. The summed E-state index contributed by atoms with van der Waals surface area (Å²) in [4.78, 5) is 10.2. The zero-order chi connectivity index (χ0) is 30.2. The number of benzene rings is 7. The summed E-state index contributed by atoms with van der Waals surface area (Å²) in [5.41, 5.74) is 8.85. The average molecular weight is 588 g/mol. The van der Waals surface area contributed by atoms with Gasteiger partial charge in [-0.1, -0.05) is 121 Å². The molecule has 0 saturated carbocycles. The monoisotopic (exact) mass is 587 g/mol. The molecule has 10 aromatic rings. The minimum absolute atomic E-state index is 0.715. The van der Waals surface area contributed by atoms with Crippen LogP contribution in [0.1, 0.15) is 0 Å². The fourth-order valence-corrected chi connectivity index (χ4v) is 7.18. The quantitative estimate of drug-likeness (QED) is 0.207. The third-order valence-electron chi connectivity index (χ3n) is 9.17. The predicted molar refractivity (Wildman–Crippen MR) is 190 cm³/mol. The molecule has 0 unspecified atom stereocenters. The van der Waals surface area contributed by atoms with Crippen LogP contribution in [0.4, 0.5) is 0 Å². The Labute approximate surface area is 263 Å². The van der Waals surface area contributed by atoms with Gasteiger partial charge in [0, 0.05) is 43.7 Å². The van der Waals surface area contributed by atoms with Gasteiger partial charge < -0.3 is 8.98 Å². The number of hydrogen-bond donors (Lipinski definition) is 0. The lowest BCUT2D eigenvalue weighted by atomic mass is 9.99. The lowest BCUT2D eigenvalue weighted by Gasteiger charge is -2.13. The lowest BCUT2D eigenvalue weighted by molar-refractivity contribution is 0.671. The number of furan rings is 1. The molecule has 0 spiro atoms. The molecule has 0 aliphatic heterocycles. The maximum absolute atomic E-state index is 6.77. The number of aromatic nitrogens is 3. The van der Waals surface area contributed by atoms with Crippen molar-refractivity contribution in [1.29, 1.82) is 0 Å². The first-order chi connectivity index (χ1) is 22.8. The number of para-hydroxylation sites is 2. The molecule has 0 bridgehead atoms. The van der Waals surface area contributed by atoms with Crippen molar-refractivity contribution in [2.75, 3.05) is 0 Å². The first-order valence-corrected chi connectivity index (χ1v) is 15.5. The van der Waals surface area contributed by atoms with Crippen LogP contribution < -0.4 is 0 Å². The van der Waals surface area contributed by atoms with E-state index in [9.17, 15) is 0 Å². The second-order valence-corrected chi connectivity index (χ2v) is 11.8. The van der Waals surface area contributed by atoms with Crippen LogP contribution in [-0.4, -0.2) is 14.5 Å². The van der Waals surface area contributed by atoms with Gasteiger partial charge in [0.25, 0.3) is 0 Å². The van der Waals surface area contributed by atoms with Crippen LogP contribution in [0, 0.1) is 0 Å². The van der Waals surface area contributed by atoms with Crippen LogP contribution >= 0.6 is 0 Å². The zero-order valence-electron chi connectivity index (χ0n) is 24.7. The van der Waals surface area contributed by atoms with Crippen LogP contribution in [0.15, 0.2) is 156 Å². The molecule has 214 valence electrons. The first-order valence-electron chi connectivity index (χ1n) is 15.5. The molecule has 0 saturated heterocycles. The van der Waals surface area contributed by atoms with Gasteiger partial charge in [0.05, 0.1) is 22.2 Å². The second-order valence-electron chi connectivity index (χ2n) is 11.8. The smallest absolute Gasteiger partial charge is 0.160 e. The van der Waals surface area contributed by atoms with E-state index in [4.69, 9.17) is 14.4 Å². The maximum Gasteiger partial charge on any atom is 0.160 e. The third-order valence-corrected chi connectivity index (χ3v) is 9.17. The van der Waals surface area contributed by atoms with E-state index in [2.05, 4.69) is 126 Å². The van der Waals surface area contributed by atoms with Crippen LogP contribution in [0.25, 0.3) is 93.8 Å².